The molecule has 2 aromatic rings. The number of aryl methyl sites for hydroxylation is 1. The molecule has 1 fully saturated rings. The average molecular weight is 311 g/mol. The average Bonchev–Trinajstić information content (AvgIpc) is 3.15. The van der Waals surface area contributed by atoms with E-state index in [1.54, 1.807) is 11.6 Å². The molecule has 0 saturated heterocycles. The van der Waals surface area contributed by atoms with E-state index in [9.17, 15) is 9.59 Å². The summed E-state index contributed by atoms with van der Waals surface area (Å²) in [6.45, 7) is 3.59. The summed E-state index contributed by atoms with van der Waals surface area (Å²) in [5.41, 5.74) is 2.56. The summed E-state index contributed by atoms with van der Waals surface area (Å²) in [5.74, 6) is -1.01. The van der Waals surface area contributed by atoms with Crippen molar-refractivity contribution in [2.75, 3.05) is 0 Å². The molecule has 120 valence electrons. The van der Waals surface area contributed by atoms with Gasteiger partial charge in [-0.2, -0.15) is 5.10 Å². The fourth-order valence-corrected chi connectivity index (χ4v) is 3.23. The van der Waals surface area contributed by atoms with Crippen LogP contribution in [0.3, 0.4) is 0 Å². The van der Waals surface area contributed by atoms with Gasteiger partial charge in [0, 0.05) is 6.04 Å². The molecular weight excluding hydrogens is 290 g/mol. The molecule has 1 aliphatic carbocycles. The number of aromatic nitrogens is 2. The first-order valence-corrected chi connectivity index (χ1v) is 8.04. The Hall–Kier alpha value is -2.43. The molecule has 0 bridgehead atoms. The number of ketones is 1. The Morgan fingerprint density at radius 1 is 1.13 bits per heavy atom. The number of carbonyl (C=O) groups is 2. The zero-order valence-electron chi connectivity index (χ0n) is 13.5. The highest BCUT2D eigenvalue weighted by Crippen LogP contribution is 2.20. The van der Waals surface area contributed by atoms with Crippen LogP contribution in [0.15, 0.2) is 30.3 Å². The van der Waals surface area contributed by atoms with Gasteiger partial charge in [0.25, 0.3) is 11.7 Å². The van der Waals surface area contributed by atoms with Gasteiger partial charge in [0.15, 0.2) is 0 Å². The Balaban J connectivity index is 1.86. The molecule has 1 aromatic heterocycles. The second-order valence-electron chi connectivity index (χ2n) is 6.08. The van der Waals surface area contributed by atoms with Crippen molar-refractivity contribution in [1.82, 2.24) is 15.1 Å². The zero-order valence-corrected chi connectivity index (χ0v) is 13.5. The summed E-state index contributed by atoms with van der Waals surface area (Å²) in [5, 5.41) is 7.29. The smallest absolute Gasteiger partial charge is 0.292 e. The third-order valence-corrected chi connectivity index (χ3v) is 4.42. The molecule has 1 aliphatic rings. The van der Waals surface area contributed by atoms with Gasteiger partial charge in [-0.15, -0.1) is 0 Å². The third-order valence-electron chi connectivity index (χ3n) is 4.42. The van der Waals surface area contributed by atoms with Gasteiger partial charge in [-0.1, -0.05) is 31.0 Å². The van der Waals surface area contributed by atoms with E-state index >= 15 is 0 Å². The van der Waals surface area contributed by atoms with Crippen LogP contribution in [0.25, 0.3) is 5.69 Å². The van der Waals surface area contributed by atoms with Crippen LogP contribution in [0, 0.1) is 13.8 Å². The van der Waals surface area contributed by atoms with E-state index in [1.165, 1.54) is 0 Å². The highest BCUT2D eigenvalue weighted by atomic mass is 16.2. The highest BCUT2D eigenvalue weighted by Gasteiger charge is 2.27. The van der Waals surface area contributed by atoms with Crippen molar-refractivity contribution in [3.63, 3.8) is 0 Å². The maximum absolute atomic E-state index is 12.6. The number of hydrogen-bond donors (Lipinski definition) is 1. The lowest BCUT2D eigenvalue weighted by Gasteiger charge is -2.11. The van der Waals surface area contributed by atoms with Crippen molar-refractivity contribution in [1.29, 1.82) is 0 Å². The van der Waals surface area contributed by atoms with Gasteiger partial charge in [0.2, 0.25) is 0 Å². The number of hydrogen-bond acceptors (Lipinski definition) is 3. The molecule has 0 atom stereocenters. The van der Waals surface area contributed by atoms with Crippen molar-refractivity contribution in [2.45, 2.75) is 45.6 Å². The summed E-state index contributed by atoms with van der Waals surface area (Å²) >= 11 is 0. The van der Waals surface area contributed by atoms with E-state index in [4.69, 9.17) is 0 Å². The van der Waals surface area contributed by atoms with Crippen molar-refractivity contribution >= 4 is 11.7 Å². The van der Waals surface area contributed by atoms with Crippen LogP contribution < -0.4 is 5.32 Å². The van der Waals surface area contributed by atoms with E-state index < -0.39 is 11.7 Å². The molecule has 1 N–H and O–H groups in total. The monoisotopic (exact) mass is 311 g/mol. The molecule has 5 nitrogen and oxygen atoms in total. The fourth-order valence-electron chi connectivity index (χ4n) is 3.23. The number of amides is 1. The highest BCUT2D eigenvalue weighted by molar-refractivity contribution is 6.43. The molecule has 1 heterocycles. The van der Waals surface area contributed by atoms with Crippen LogP contribution in [0.5, 0.6) is 0 Å². The molecule has 23 heavy (non-hydrogen) atoms. The normalized spacial score (nSPS) is 14.9. The predicted molar refractivity (Wildman–Crippen MR) is 87.8 cm³/mol. The fraction of sp³-hybridized carbons (Fsp3) is 0.389. The van der Waals surface area contributed by atoms with E-state index in [1.807, 2.05) is 37.3 Å². The number of para-hydroxylation sites is 1. The standard InChI is InChI=1S/C18H21N3O2/c1-12-16(17(22)18(23)19-14-8-6-7-9-14)13(2)21(20-12)15-10-4-3-5-11-15/h3-5,10-11,14H,6-9H2,1-2H3,(H,19,23). The summed E-state index contributed by atoms with van der Waals surface area (Å²) in [7, 11) is 0. The Kier molecular flexibility index (Phi) is 4.28. The number of nitrogens with zero attached hydrogens (tertiary/aromatic N) is 2. The van der Waals surface area contributed by atoms with Crippen LogP contribution in [-0.2, 0) is 4.79 Å². The summed E-state index contributed by atoms with van der Waals surface area (Å²) in [6, 6.07) is 9.74. The van der Waals surface area contributed by atoms with E-state index in [2.05, 4.69) is 10.4 Å². The van der Waals surface area contributed by atoms with Crippen molar-refractivity contribution in [3.8, 4) is 5.69 Å². The second-order valence-corrected chi connectivity index (χ2v) is 6.08. The predicted octanol–water partition coefficient (Wildman–Crippen LogP) is 2.73. The molecule has 0 aliphatic heterocycles. The van der Waals surface area contributed by atoms with Gasteiger partial charge in [-0.05, 0) is 38.8 Å². The van der Waals surface area contributed by atoms with Crippen LogP contribution in [0.4, 0.5) is 0 Å². The molecule has 0 radical (unpaired) electrons. The number of benzene rings is 1. The van der Waals surface area contributed by atoms with Gasteiger partial charge < -0.3 is 5.32 Å². The zero-order chi connectivity index (χ0) is 16.4. The molecule has 3 rings (SSSR count). The van der Waals surface area contributed by atoms with Gasteiger partial charge in [-0.3, -0.25) is 9.59 Å². The number of nitrogens with one attached hydrogen (secondary N) is 1. The molecular formula is C18H21N3O2. The van der Waals surface area contributed by atoms with Gasteiger partial charge in [-0.25, -0.2) is 4.68 Å². The van der Waals surface area contributed by atoms with Crippen LogP contribution in [0.1, 0.15) is 47.4 Å². The maximum Gasteiger partial charge on any atom is 0.292 e. The first-order chi connectivity index (χ1) is 11.1. The second kappa shape index (κ2) is 6.36. The number of Topliss-reactive ketones (excluding diaryl/α,β-unsaturated/α-hetero) is 1. The lowest BCUT2D eigenvalue weighted by molar-refractivity contribution is -0.117. The quantitative estimate of drug-likeness (QED) is 0.697. The molecule has 0 spiro atoms. The summed E-state index contributed by atoms with van der Waals surface area (Å²) < 4.78 is 1.71. The lowest BCUT2D eigenvalue weighted by atomic mass is 10.1. The summed E-state index contributed by atoms with van der Waals surface area (Å²) in [4.78, 5) is 24.8. The lowest BCUT2D eigenvalue weighted by Crippen LogP contribution is -2.38. The van der Waals surface area contributed by atoms with E-state index in [0.717, 1.165) is 31.4 Å². The molecule has 0 unspecified atom stereocenters. The minimum atomic E-state index is -0.518. The molecule has 5 heteroatoms. The minimum absolute atomic E-state index is 0.135. The van der Waals surface area contributed by atoms with Gasteiger partial charge in [0.1, 0.15) is 0 Å². The first-order valence-electron chi connectivity index (χ1n) is 8.04. The van der Waals surface area contributed by atoms with Crippen LogP contribution in [-0.4, -0.2) is 27.5 Å². The largest absolute Gasteiger partial charge is 0.346 e. The van der Waals surface area contributed by atoms with E-state index in [0.29, 0.717) is 17.0 Å². The Bertz CT molecular complexity index is 728. The Morgan fingerprint density at radius 2 is 1.78 bits per heavy atom. The number of rotatable bonds is 4. The Morgan fingerprint density at radius 3 is 2.43 bits per heavy atom. The SMILES string of the molecule is Cc1nn(-c2ccccc2)c(C)c1C(=O)C(=O)NC1CCCC1. The van der Waals surface area contributed by atoms with Gasteiger partial charge in [0.05, 0.1) is 22.6 Å². The topological polar surface area (TPSA) is 64.0 Å². The molecule has 1 amide bonds. The van der Waals surface area contributed by atoms with Crippen LogP contribution >= 0.6 is 0 Å². The van der Waals surface area contributed by atoms with Crippen molar-refractivity contribution in [2.24, 2.45) is 0 Å². The van der Waals surface area contributed by atoms with Crippen molar-refractivity contribution in [3.05, 3.63) is 47.3 Å². The van der Waals surface area contributed by atoms with Gasteiger partial charge >= 0.3 is 0 Å². The Labute approximate surface area is 135 Å². The number of carbonyl (C=O) groups excluding carboxylic acids is 2. The van der Waals surface area contributed by atoms with Crippen molar-refractivity contribution < 1.29 is 9.59 Å². The third kappa shape index (κ3) is 3.04. The maximum atomic E-state index is 12.6. The molecule has 1 aromatic carbocycles. The first kappa shape index (κ1) is 15.5. The summed E-state index contributed by atoms with van der Waals surface area (Å²) in [6.07, 6.45) is 4.15. The van der Waals surface area contributed by atoms with E-state index in [-0.39, 0.29) is 6.04 Å². The van der Waals surface area contributed by atoms with Crippen LogP contribution in [0.2, 0.25) is 0 Å². The minimum Gasteiger partial charge on any atom is -0.346 e. The molecule has 1 saturated carbocycles.